The summed E-state index contributed by atoms with van der Waals surface area (Å²) in [6.07, 6.45) is 2.27. The van der Waals surface area contributed by atoms with Crippen LogP contribution in [0.25, 0.3) is 49.7 Å². The maximum Gasteiger partial charge on any atom is 0.203 e. The van der Waals surface area contributed by atoms with Crippen LogP contribution in [0.4, 0.5) is 17.3 Å². The monoisotopic (exact) mass is 540 g/mol. The number of nitrogens with one attached hydrogen (secondary N) is 1. The molecule has 0 aliphatic carbocycles. The first-order valence-corrected chi connectivity index (χ1v) is 14.3. The Labute approximate surface area is 245 Å². The van der Waals surface area contributed by atoms with Gasteiger partial charge in [0.1, 0.15) is 5.58 Å². The van der Waals surface area contributed by atoms with Gasteiger partial charge in [-0.1, -0.05) is 115 Å². The molecule has 3 nitrogen and oxygen atoms in total. The van der Waals surface area contributed by atoms with Crippen LogP contribution in [0.5, 0.6) is 0 Å². The van der Waals surface area contributed by atoms with Crippen LogP contribution in [0, 0.1) is 0 Å². The standard InChI is InChI=1S/C39H28N2O/c1-3-11-27(12-4-1)28-19-21-31(22-20-28)41(36-23-24-40-39-38(36)34-17-9-10-18-37(34)42-39)32-25-30-15-7-8-16-33(30)35(26-32)29-13-5-2-6-14-29/h1-23,25-26,40H,24H2. The number of fused-ring (bicyclic) bond motifs is 4. The van der Waals surface area contributed by atoms with Crippen LogP contribution in [0.1, 0.15) is 5.56 Å². The molecule has 3 heteroatoms. The molecule has 8 rings (SSSR count). The van der Waals surface area contributed by atoms with Crippen LogP contribution in [-0.4, -0.2) is 6.54 Å². The summed E-state index contributed by atoms with van der Waals surface area (Å²) in [6, 6.07) is 51.6. The maximum atomic E-state index is 6.30. The molecule has 0 fully saturated rings. The molecular weight excluding hydrogens is 512 g/mol. The molecule has 42 heavy (non-hydrogen) atoms. The van der Waals surface area contributed by atoms with Gasteiger partial charge in [0.25, 0.3) is 0 Å². The van der Waals surface area contributed by atoms with Gasteiger partial charge in [0.2, 0.25) is 5.88 Å². The fourth-order valence-corrected chi connectivity index (χ4v) is 6.11. The molecule has 0 saturated heterocycles. The van der Waals surface area contributed by atoms with Crippen LogP contribution in [0.15, 0.2) is 156 Å². The molecule has 1 aliphatic rings. The van der Waals surface area contributed by atoms with Crippen LogP contribution in [0.2, 0.25) is 0 Å². The third-order valence-electron chi connectivity index (χ3n) is 8.07. The number of furan rings is 1. The Kier molecular flexibility index (Phi) is 5.86. The number of hydrogen-bond donors (Lipinski definition) is 1. The minimum atomic E-state index is 0.680. The van der Waals surface area contributed by atoms with Gasteiger partial charge in [0, 0.05) is 23.3 Å². The Bertz CT molecular complexity index is 2070. The van der Waals surface area contributed by atoms with Gasteiger partial charge in [0.15, 0.2) is 0 Å². The second kappa shape index (κ2) is 10.1. The molecule has 0 unspecified atom stereocenters. The summed E-state index contributed by atoms with van der Waals surface area (Å²) >= 11 is 0. The fourth-order valence-electron chi connectivity index (χ4n) is 6.11. The van der Waals surface area contributed by atoms with Gasteiger partial charge >= 0.3 is 0 Å². The molecule has 200 valence electrons. The lowest BCUT2D eigenvalue weighted by Crippen LogP contribution is -2.20. The van der Waals surface area contributed by atoms with Crippen LogP contribution < -0.4 is 10.2 Å². The van der Waals surface area contributed by atoms with Crippen molar-refractivity contribution in [1.82, 2.24) is 0 Å². The highest BCUT2D eigenvalue weighted by molar-refractivity contribution is 6.06. The lowest BCUT2D eigenvalue weighted by molar-refractivity contribution is 0.627. The Morgan fingerprint density at radius 3 is 1.98 bits per heavy atom. The minimum absolute atomic E-state index is 0.680. The van der Waals surface area contributed by atoms with E-state index < -0.39 is 0 Å². The Morgan fingerprint density at radius 1 is 0.548 bits per heavy atom. The average Bonchev–Trinajstić information content (AvgIpc) is 3.45. The summed E-state index contributed by atoms with van der Waals surface area (Å²) in [5.41, 5.74) is 10.1. The van der Waals surface area contributed by atoms with E-state index in [1.807, 2.05) is 12.1 Å². The van der Waals surface area contributed by atoms with E-state index in [0.29, 0.717) is 6.54 Å². The molecule has 1 N–H and O–H groups in total. The molecule has 6 aromatic carbocycles. The summed E-state index contributed by atoms with van der Waals surface area (Å²) < 4.78 is 6.30. The van der Waals surface area contributed by atoms with E-state index in [9.17, 15) is 0 Å². The number of benzene rings is 6. The first-order chi connectivity index (χ1) is 20.8. The van der Waals surface area contributed by atoms with Crippen LogP contribution in [-0.2, 0) is 0 Å². The van der Waals surface area contributed by atoms with Gasteiger partial charge in [0.05, 0.1) is 11.3 Å². The summed E-state index contributed by atoms with van der Waals surface area (Å²) in [7, 11) is 0. The van der Waals surface area contributed by atoms with Crippen molar-refractivity contribution in [3.8, 4) is 22.3 Å². The first-order valence-electron chi connectivity index (χ1n) is 14.3. The summed E-state index contributed by atoms with van der Waals surface area (Å²) in [6.45, 7) is 0.680. The maximum absolute atomic E-state index is 6.30. The van der Waals surface area contributed by atoms with Crippen molar-refractivity contribution in [2.75, 3.05) is 16.8 Å². The smallest absolute Gasteiger partial charge is 0.203 e. The predicted octanol–water partition coefficient (Wildman–Crippen LogP) is 10.5. The highest BCUT2D eigenvalue weighted by atomic mass is 16.3. The Morgan fingerprint density at radius 2 is 1.19 bits per heavy atom. The number of para-hydroxylation sites is 1. The van der Waals surface area contributed by atoms with E-state index in [1.54, 1.807) is 0 Å². The first kappa shape index (κ1) is 24.3. The summed E-state index contributed by atoms with van der Waals surface area (Å²) in [5, 5.41) is 7.00. The number of nitrogens with zero attached hydrogens (tertiary/aromatic N) is 1. The third kappa shape index (κ3) is 4.15. The lowest BCUT2D eigenvalue weighted by Gasteiger charge is -2.31. The van der Waals surface area contributed by atoms with Gasteiger partial charge in [-0.3, -0.25) is 0 Å². The van der Waals surface area contributed by atoms with Crippen molar-refractivity contribution < 1.29 is 4.42 Å². The topological polar surface area (TPSA) is 28.4 Å². The van der Waals surface area contributed by atoms with Gasteiger partial charge in [-0.2, -0.15) is 0 Å². The number of rotatable bonds is 5. The fraction of sp³-hybridized carbons (Fsp3) is 0.0256. The molecule has 2 heterocycles. The van der Waals surface area contributed by atoms with E-state index in [4.69, 9.17) is 4.42 Å². The Hall–Kier alpha value is -5.54. The highest BCUT2D eigenvalue weighted by Crippen LogP contribution is 2.45. The largest absolute Gasteiger partial charge is 0.440 e. The second-order valence-electron chi connectivity index (χ2n) is 10.6. The highest BCUT2D eigenvalue weighted by Gasteiger charge is 2.27. The normalized spacial score (nSPS) is 12.5. The van der Waals surface area contributed by atoms with Gasteiger partial charge in [-0.05, 0) is 69.4 Å². The molecule has 7 aromatic rings. The molecule has 1 aromatic heterocycles. The third-order valence-corrected chi connectivity index (χ3v) is 8.07. The van der Waals surface area contributed by atoms with E-state index >= 15 is 0 Å². The molecular formula is C39H28N2O. The van der Waals surface area contributed by atoms with E-state index in [1.165, 1.54) is 33.0 Å². The molecule has 0 bridgehead atoms. The van der Waals surface area contributed by atoms with E-state index in [2.05, 4.69) is 150 Å². The van der Waals surface area contributed by atoms with Crippen molar-refractivity contribution in [2.24, 2.45) is 0 Å². The summed E-state index contributed by atoms with van der Waals surface area (Å²) in [4.78, 5) is 2.38. The van der Waals surface area contributed by atoms with Gasteiger partial charge in [-0.15, -0.1) is 0 Å². The molecule has 0 saturated carbocycles. The van der Waals surface area contributed by atoms with E-state index in [0.717, 1.165) is 39.5 Å². The molecule has 0 radical (unpaired) electrons. The van der Waals surface area contributed by atoms with Crippen molar-refractivity contribution in [3.63, 3.8) is 0 Å². The molecule has 0 amide bonds. The molecule has 0 atom stereocenters. The SMILES string of the molecule is C1=C(N(c2ccc(-c3ccccc3)cc2)c2cc(-c3ccccc3)c3ccccc3c2)c2c(oc3ccccc23)NC1. The quantitative estimate of drug-likeness (QED) is 0.235. The van der Waals surface area contributed by atoms with Crippen molar-refractivity contribution in [2.45, 2.75) is 0 Å². The van der Waals surface area contributed by atoms with Crippen molar-refractivity contribution in [1.29, 1.82) is 0 Å². The number of anilines is 3. The zero-order chi connectivity index (χ0) is 27.9. The lowest BCUT2D eigenvalue weighted by atomic mass is 9.96. The van der Waals surface area contributed by atoms with Crippen molar-refractivity contribution in [3.05, 3.63) is 157 Å². The zero-order valence-corrected chi connectivity index (χ0v) is 23.0. The van der Waals surface area contributed by atoms with Gasteiger partial charge < -0.3 is 14.6 Å². The minimum Gasteiger partial charge on any atom is -0.440 e. The molecule has 1 aliphatic heterocycles. The van der Waals surface area contributed by atoms with Gasteiger partial charge in [-0.25, -0.2) is 0 Å². The van der Waals surface area contributed by atoms with E-state index in [-0.39, 0.29) is 0 Å². The average molecular weight is 541 g/mol. The molecule has 0 spiro atoms. The zero-order valence-electron chi connectivity index (χ0n) is 23.0. The predicted molar refractivity (Wildman–Crippen MR) is 176 cm³/mol. The second-order valence-corrected chi connectivity index (χ2v) is 10.6. The van der Waals surface area contributed by atoms with Crippen LogP contribution in [0.3, 0.4) is 0 Å². The van der Waals surface area contributed by atoms with Crippen molar-refractivity contribution >= 4 is 44.7 Å². The Balaban J connectivity index is 1.37. The van der Waals surface area contributed by atoms with Crippen LogP contribution >= 0.6 is 0 Å². The number of hydrogen-bond acceptors (Lipinski definition) is 3. The summed E-state index contributed by atoms with van der Waals surface area (Å²) in [5.74, 6) is 0.809.